The van der Waals surface area contributed by atoms with Crippen molar-refractivity contribution in [2.24, 2.45) is 0 Å². The highest BCUT2D eigenvalue weighted by atomic mass is 32.2. The van der Waals surface area contributed by atoms with E-state index >= 15 is 0 Å². The van der Waals surface area contributed by atoms with Crippen molar-refractivity contribution in [3.8, 4) is 12.3 Å². The van der Waals surface area contributed by atoms with E-state index in [1.54, 1.807) is 0 Å². The van der Waals surface area contributed by atoms with Gasteiger partial charge >= 0.3 is 6.18 Å². The average Bonchev–Trinajstić information content (AvgIpc) is 3.48. The lowest BCUT2D eigenvalue weighted by molar-refractivity contribution is -0.0885. The molecule has 170 valence electrons. The number of sulfonamides is 1. The van der Waals surface area contributed by atoms with Crippen LogP contribution >= 0.6 is 0 Å². The highest BCUT2D eigenvalue weighted by Gasteiger charge is 2.59. The minimum Gasteiger partial charge on any atom is -0.281 e. The van der Waals surface area contributed by atoms with Gasteiger partial charge in [-0.05, 0) is 18.1 Å². The molecule has 1 aliphatic carbocycles. The second kappa shape index (κ2) is 7.52. The van der Waals surface area contributed by atoms with E-state index in [0.717, 1.165) is 34.7 Å². The lowest BCUT2D eigenvalue weighted by atomic mass is 9.84. The van der Waals surface area contributed by atoms with Gasteiger partial charge in [-0.1, -0.05) is 36.3 Å². The summed E-state index contributed by atoms with van der Waals surface area (Å²) in [5, 5.41) is 4.26. The van der Waals surface area contributed by atoms with Crippen molar-refractivity contribution in [3.63, 3.8) is 0 Å². The summed E-state index contributed by atoms with van der Waals surface area (Å²) in [5.74, 6) is 0.439. The fraction of sp³-hybridized carbons (Fsp3) is 0.333. The molecule has 2 aliphatic heterocycles. The highest BCUT2D eigenvalue weighted by Crippen LogP contribution is 2.41. The fourth-order valence-electron chi connectivity index (χ4n) is 3.99. The van der Waals surface area contributed by atoms with Gasteiger partial charge < -0.3 is 0 Å². The zero-order chi connectivity index (χ0) is 23.5. The Balaban J connectivity index is 1.87. The van der Waals surface area contributed by atoms with Crippen molar-refractivity contribution in [1.82, 2.24) is 14.9 Å². The number of hydrogen-bond donors (Lipinski definition) is 2. The van der Waals surface area contributed by atoms with Gasteiger partial charge in [0.1, 0.15) is 28.6 Å². The molecule has 5 nitrogen and oxygen atoms in total. The number of rotatable bonds is 2. The summed E-state index contributed by atoms with van der Waals surface area (Å²) >= 11 is 0. The maximum atomic E-state index is 14.8. The number of benzene rings is 1. The van der Waals surface area contributed by atoms with Crippen LogP contribution in [-0.2, 0) is 15.6 Å². The van der Waals surface area contributed by atoms with Crippen LogP contribution in [0.5, 0.6) is 0 Å². The lowest BCUT2D eigenvalue weighted by Crippen LogP contribution is -2.55. The third kappa shape index (κ3) is 3.67. The van der Waals surface area contributed by atoms with Crippen LogP contribution < -0.4 is 10.6 Å². The largest absolute Gasteiger partial charge is 0.416 e. The van der Waals surface area contributed by atoms with Crippen molar-refractivity contribution in [2.75, 3.05) is 7.05 Å². The average molecular weight is 471 g/mol. The molecule has 2 N–H and O–H groups in total. The molecule has 3 aliphatic rings. The Morgan fingerprint density at radius 3 is 2.56 bits per heavy atom. The number of terminal acetylenes is 1. The van der Waals surface area contributed by atoms with Gasteiger partial charge in [-0.3, -0.25) is 10.6 Å². The molecule has 2 saturated heterocycles. The molecule has 0 radical (unpaired) electrons. The molecule has 0 spiro atoms. The molecule has 4 atom stereocenters. The van der Waals surface area contributed by atoms with Gasteiger partial charge in [0, 0.05) is 18.7 Å². The Bertz CT molecular complexity index is 1200. The SMILES string of the molecule is C#CC1(c2ccc(F)cc2F)NC2NC2N(C)S(=O)(=O)C1C=C1C=CC(C(F)(F)F)=CC1. The van der Waals surface area contributed by atoms with Crippen LogP contribution in [0.1, 0.15) is 12.0 Å². The summed E-state index contributed by atoms with van der Waals surface area (Å²) in [6.07, 6.45) is 3.96. The summed E-state index contributed by atoms with van der Waals surface area (Å²) in [5.41, 5.74) is -2.82. The van der Waals surface area contributed by atoms with Crippen LogP contribution in [0, 0.1) is 24.0 Å². The molecule has 32 heavy (non-hydrogen) atoms. The lowest BCUT2D eigenvalue weighted by Gasteiger charge is -2.36. The normalized spacial score (nSPS) is 33.2. The molecule has 2 heterocycles. The number of nitrogens with zero attached hydrogens (tertiary/aromatic N) is 1. The van der Waals surface area contributed by atoms with Gasteiger partial charge in [-0.2, -0.15) is 17.5 Å². The summed E-state index contributed by atoms with van der Waals surface area (Å²) in [6.45, 7) is 0. The number of nitrogens with one attached hydrogen (secondary N) is 2. The van der Waals surface area contributed by atoms with E-state index in [-0.39, 0.29) is 17.6 Å². The van der Waals surface area contributed by atoms with Gasteiger partial charge in [-0.15, -0.1) is 6.42 Å². The zero-order valence-electron chi connectivity index (χ0n) is 16.6. The van der Waals surface area contributed by atoms with Crippen molar-refractivity contribution in [1.29, 1.82) is 0 Å². The molecule has 0 aromatic heterocycles. The first-order valence-corrected chi connectivity index (χ1v) is 11.0. The van der Waals surface area contributed by atoms with Crippen molar-refractivity contribution in [2.45, 2.75) is 35.7 Å². The van der Waals surface area contributed by atoms with Crippen LogP contribution in [0.2, 0.25) is 0 Å². The van der Waals surface area contributed by atoms with Crippen LogP contribution in [0.3, 0.4) is 0 Å². The second-order valence-corrected chi connectivity index (χ2v) is 9.84. The third-order valence-electron chi connectivity index (χ3n) is 5.79. The van der Waals surface area contributed by atoms with Gasteiger partial charge in [0.05, 0.1) is 11.7 Å². The fourth-order valence-corrected chi connectivity index (χ4v) is 5.91. The van der Waals surface area contributed by atoms with E-state index in [2.05, 4.69) is 16.6 Å². The summed E-state index contributed by atoms with van der Waals surface area (Å²) in [6, 6.07) is 2.62. The molecular weight excluding hydrogens is 453 g/mol. The first-order chi connectivity index (χ1) is 14.9. The smallest absolute Gasteiger partial charge is 0.281 e. The molecule has 0 bridgehead atoms. The zero-order valence-corrected chi connectivity index (χ0v) is 17.4. The molecule has 4 unspecified atom stereocenters. The first kappa shape index (κ1) is 22.7. The van der Waals surface area contributed by atoms with Crippen molar-refractivity contribution in [3.05, 3.63) is 70.8 Å². The predicted octanol–water partition coefficient (Wildman–Crippen LogP) is 2.66. The molecule has 11 heteroatoms. The van der Waals surface area contributed by atoms with Gasteiger partial charge in [0.2, 0.25) is 10.0 Å². The van der Waals surface area contributed by atoms with Crippen LogP contribution in [0.15, 0.2) is 53.6 Å². The van der Waals surface area contributed by atoms with Crippen LogP contribution in [-0.4, -0.2) is 43.5 Å². The maximum Gasteiger partial charge on any atom is 0.416 e. The highest BCUT2D eigenvalue weighted by molar-refractivity contribution is 7.90. The standard InChI is InChI=1S/C21H18F5N3O2S/c1-3-20(15-9-8-14(22)11-16(15)23)17(32(30,31)29(2)19-18(27-19)28-20)10-12-4-6-13(7-5-12)21(24,25)26/h1,4,6-11,17-19,27-28H,5H2,2H3. The predicted molar refractivity (Wildman–Crippen MR) is 107 cm³/mol. The van der Waals surface area contributed by atoms with E-state index in [4.69, 9.17) is 6.42 Å². The van der Waals surface area contributed by atoms with E-state index in [1.165, 1.54) is 13.1 Å². The topological polar surface area (TPSA) is 71.3 Å². The Hall–Kier alpha value is -2.52. The van der Waals surface area contributed by atoms with E-state index in [1.807, 2.05) is 0 Å². The number of hydrogen-bond acceptors (Lipinski definition) is 4. The van der Waals surface area contributed by atoms with E-state index < -0.39 is 56.5 Å². The van der Waals surface area contributed by atoms with Gasteiger partial charge in [0.25, 0.3) is 0 Å². The molecule has 0 amide bonds. The molecule has 1 aromatic rings. The monoisotopic (exact) mass is 471 g/mol. The van der Waals surface area contributed by atoms with Gasteiger partial charge in [-0.25, -0.2) is 17.2 Å². The number of halogens is 5. The summed E-state index contributed by atoms with van der Waals surface area (Å²) < 4.78 is 95.2. The summed E-state index contributed by atoms with van der Waals surface area (Å²) in [4.78, 5) is 0. The van der Waals surface area contributed by atoms with E-state index in [9.17, 15) is 30.4 Å². The summed E-state index contributed by atoms with van der Waals surface area (Å²) in [7, 11) is -2.90. The minimum atomic E-state index is -4.54. The molecule has 4 rings (SSSR count). The quantitative estimate of drug-likeness (QED) is 0.395. The molecule has 0 saturated carbocycles. The van der Waals surface area contributed by atoms with Crippen molar-refractivity contribution < 1.29 is 30.4 Å². The minimum absolute atomic E-state index is 0.196. The third-order valence-corrected chi connectivity index (χ3v) is 7.95. The number of fused-ring (bicyclic) bond motifs is 1. The van der Waals surface area contributed by atoms with Crippen LogP contribution in [0.4, 0.5) is 22.0 Å². The van der Waals surface area contributed by atoms with Gasteiger partial charge in [0.15, 0.2) is 0 Å². The Morgan fingerprint density at radius 2 is 2.00 bits per heavy atom. The second-order valence-electron chi connectivity index (χ2n) is 7.73. The number of alkyl halides is 3. The number of likely N-dealkylation sites (N-methyl/N-ethyl adjacent to an activating group) is 1. The van der Waals surface area contributed by atoms with E-state index in [0.29, 0.717) is 6.07 Å². The van der Waals surface area contributed by atoms with Crippen molar-refractivity contribution >= 4 is 10.0 Å². The Kier molecular flexibility index (Phi) is 5.33. The molecular formula is C21H18F5N3O2S. The Labute approximate surface area is 181 Å². The Morgan fingerprint density at radius 1 is 1.28 bits per heavy atom. The maximum absolute atomic E-state index is 14.8. The molecule has 2 fully saturated rings. The number of allylic oxidation sites excluding steroid dienone is 5. The first-order valence-electron chi connectivity index (χ1n) is 9.50. The molecule has 1 aromatic carbocycles. The van der Waals surface area contributed by atoms with Crippen LogP contribution in [0.25, 0.3) is 0 Å².